The number of aliphatic hydroxyl groups is 1. The lowest BCUT2D eigenvalue weighted by Gasteiger charge is -2.34. The summed E-state index contributed by atoms with van der Waals surface area (Å²) >= 11 is 0. The average molecular weight is 368 g/mol. The lowest BCUT2D eigenvalue weighted by molar-refractivity contribution is -0.164. The van der Waals surface area contributed by atoms with Crippen LogP contribution in [0.25, 0.3) is 0 Å². The van der Waals surface area contributed by atoms with Crippen molar-refractivity contribution < 1.29 is 43.2 Å². The molecule has 0 atom stereocenters. The summed E-state index contributed by atoms with van der Waals surface area (Å²) < 4.78 is 20.1. The van der Waals surface area contributed by atoms with Gasteiger partial charge in [0.1, 0.15) is 11.5 Å². The van der Waals surface area contributed by atoms with Crippen molar-refractivity contribution >= 4 is 23.9 Å². The van der Waals surface area contributed by atoms with Gasteiger partial charge in [-0.15, -0.1) is 0 Å². The predicted octanol–water partition coefficient (Wildman–Crippen LogP) is 1.25. The van der Waals surface area contributed by atoms with Crippen LogP contribution in [0.5, 0.6) is 11.5 Å². The van der Waals surface area contributed by atoms with Gasteiger partial charge in [0, 0.05) is 7.11 Å². The molecule has 0 fully saturated rings. The molecule has 0 saturated heterocycles. The molecule has 0 amide bonds. The molecule has 0 aliphatic carbocycles. The lowest BCUT2D eigenvalue weighted by Crippen LogP contribution is -2.33. The highest BCUT2D eigenvalue weighted by Gasteiger charge is 2.46. The first-order valence-electron chi connectivity index (χ1n) is 7.69. The molecule has 0 spiro atoms. The molecule has 2 aromatic rings. The largest absolute Gasteiger partial charge is 0.456 e. The smallest absolute Gasteiger partial charge is 0.347 e. The second-order valence-electron chi connectivity index (χ2n) is 6.09. The Morgan fingerprint density at radius 3 is 1.44 bits per heavy atom. The number of rotatable bonds is 1. The monoisotopic (exact) mass is 368 g/mol. The van der Waals surface area contributed by atoms with Gasteiger partial charge in [-0.2, -0.15) is 0 Å². The highest BCUT2D eigenvalue weighted by molar-refractivity contribution is 6.16. The number of ether oxygens (including phenoxy) is 4. The maximum Gasteiger partial charge on any atom is 0.347 e. The number of carbonyl (C=O) groups excluding carboxylic acids is 4. The van der Waals surface area contributed by atoms with Crippen LogP contribution in [0.3, 0.4) is 0 Å². The van der Waals surface area contributed by atoms with Gasteiger partial charge in [0.2, 0.25) is 5.79 Å². The molecule has 0 saturated carbocycles. The van der Waals surface area contributed by atoms with E-state index in [2.05, 4.69) is 9.47 Å². The number of cyclic esters (lactones) is 4. The molecule has 9 heteroatoms. The Bertz CT molecular complexity index is 1040. The van der Waals surface area contributed by atoms with E-state index >= 15 is 0 Å². The van der Waals surface area contributed by atoms with Gasteiger partial charge in [-0.05, 0) is 24.3 Å². The number of fused-ring (bicyclic) bond motifs is 4. The van der Waals surface area contributed by atoms with Crippen LogP contribution >= 0.6 is 0 Å². The molecule has 3 heterocycles. The molecule has 0 aromatic heterocycles. The Hall–Kier alpha value is -3.56. The Morgan fingerprint density at radius 2 is 1.07 bits per heavy atom. The van der Waals surface area contributed by atoms with Crippen LogP contribution in [0.4, 0.5) is 0 Å². The fourth-order valence-electron chi connectivity index (χ4n) is 3.41. The van der Waals surface area contributed by atoms with E-state index in [4.69, 9.17) is 9.47 Å². The van der Waals surface area contributed by atoms with Crippen LogP contribution in [0, 0.1) is 0 Å². The van der Waals surface area contributed by atoms with Gasteiger partial charge >= 0.3 is 23.9 Å². The van der Waals surface area contributed by atoms with Crippen LogP contribution in [0.15, 0.2) is 24.3 Å². The molecule has 0 unspecified atom stereocenters. The minimum absolute atomic E-state index is 0.0172. The van der Waals surface area contributed by atoms with Crippen molar-refractivity contribution in [3.8, 4) is 11.5 Å². The number of esters is 4. The van der Waals surface area contributed by atoms with E-state index in [0.29, 0.717) is 0 Å². The molecular weight excluding hydrogens is 360 g/mol. The lowest BCUT2D eigenvalue weighted by atomic mass is 9.88. The second kappa shape index (κ2) is 4.78. The maximum absolute atomic E-state index is 11.8. The zero-order valence-electron chi connectivity index (χ0n) is 13.5. The van der Waals surface area contributed by atoms with Crippen LogP contribution in [0.2, 0.25) is 0 Å². The van der Waals surface area contributed by atoms with Gasteiger partial charge in [0.15, 0.2) is 0 Å². The van der Waals surface area contributed by atoms with Gasteiger partial charge in [0.25, 0.3) is 0 Å². The van der Waals surface area contributed by atoms with Gasteiger partial charge in [-0.1, -0.05) is 0 Å². The van der Waals surface area contributed by atoms with E-state index in [1.807, 2.05) is 0 Å². The molecule has 3 aliphatic heterocycles. The highest BCUT2D eigenvalue weighted by atomic mass is 16.6. The van der Waals surface area contributed by atoms with Gasteiger partial charge < -0.3 is 24.1 Å². The summed E-state index contributed by atoms with van der Waals surface area (Å²) in [5, 5.41) is 11.2. The van der Waals surface area contributed by atoms with E-state index < -0.39 is 29.7 Å². The molecule has 0 bridgehead atoms. The third-order valence-corrected chi connectivity index (χ3v) is 4.74. The summed E-state index contributed by atoms with van der Waals surface area (Å²) in [5.41, 5.74) is -0.0390. The number of carbonyl (C=O) groups is 4. The fraction of sp³-hybridized carbons (Fsp3) is 0.111. The van der Waals surface area contributed by atoms with E-state index in [9.17, 15) is 24.3 Å². The van der Waals surface area contributed by atoms with Gasteiger partial charge in [0.05, 0.1) is 33.4 Å². The standard InChI is InChI=1S/C18H8O9/c1-24-18(23)10-2-6-8(16(21)26-14(6)19)4-12(10)25-13-5-9-7(3-11(13)18)15(20)27-17(9)22/h2-5,23H,1H3. The SMILES string of the molecule is COC1(O)c2cc3c(cc2Oc2cc4c(cc21)C(=O)OC4=O)C(=O)OC3=O. The minimum atomic E-state index is -2.11. The van der Waals surface area contributed by atoms with E-state index in [1.165, 1.54) is 31.4 Å². The van der Waals surface area contributed by atoms with Crippen molar-refractivity contribution in [2.45, 2.75) is 5.79 Å². The molecule has 3 aliphatic rings. The zero-order chi connectivity index (χ0) is 19.1. The fourth-order valence-corrected chi connectivity index (χ4v) is 3.41. The highest BCUT2D eigenvalue weighted by Crippen LogP contribution is 2.50. The summed E-state index contributed by atoms with van der Waals surface area (Å²) in [6, 6.07) is 4.98. The summed E-state index contributed by atoms with van der Waals surface area (Å²) in [4.78, 5) is 47.2. The van der Waals surface area contributed by atoms with Crippen molar-refractivity contribution in [1.29, 1.82) is 0 Å². The molecule has 2 aromatic carbocycles. The molecule has 1 N–H and O–H groups in total. The van der Waals surface area contributed by atoms with Crippen LogP contribution < -0.4 is 4.74 Å². The zero-order valence-corrected chi connectivity index (χ0v) is 13.5. The second-order valence-corrected chi connectivity index (χ2v) is 6.09. The van der Waals surface area contributed by atoms with Crippen molar-refractivity contribution in [3.63, 3.8) is 0 Å². The first-order chi connectivity index (χ1) is 12.8. The maximum atomic E-state index is 11.8. The molecule has 27 heavy (non-hydrogen) atoms. The minimum Gasteiger partial charge on any atom is -0.456 e. The molecular formula is C18H8O9. The first-order valence-corrected chi connectivity index (χ1v) is 7.69. The quantitative estimate of drug-likeness (QED) is 0.450. The summed E-state index contributed by atoms with van der Waals surface area (Å²) in [7, 11) is 1.21. The Morgan fingerprint density at radius 1 is 0.704 bits per heavy atom. The summed E-state index contributed by atoms with van der Waals surface area (Å²) in [5.74, 6) is -5.42. The van der Waals surface area contributed by atoms with E-state index in [-0.39, 0.29) is 44.9 Å². The average Bonchev–Trinajstić information content (AvgIpc) is 3.08. The van der Waals surface area contributed by atoms with Gasteiger partial charge in [-0.25, -0.2) is 19.2 Å². The Balaban J connectivity index is 1.78. The predicted molar refractivity (Wildman–Crippen MR) is 82.5 cm³/mol. The molecule has 0 radical (unpaired) electrons. The van der Waals surface area contributed by atoms with E-state index in [1.54, 1.807) is 0 Å². The summed E-state index contributed by atoms with van der Waals surface area (Å²) in [6.45, 7) is 0. The number of hydrogen-bond donors (Lipinski definition) is 1. The van der Waals surface area contributed by atoms with Crippen molar-refractivity contribution in [2.24, 2.45) is 0 Å². The van der Waals surface area contributed by atoms with Gasteiger partial charge in [-0.3, -0.25) is 0 Å². The first kappa shape index (κ1) is 15.7. The van der Waals surface area contributed by atoms with Crippen LogP contribution in [-0.2, 0) is 20.0 Å². The molecule has 5 rings (SSSR count). The normalized spacial score (nSPS) is 18.1. The number of methoxy groups -OCH3 is 1. The van der Waals surface area contributed by atoms with E-state index in [0.717, 1.165) is 0 Å². The molecule has 9 nitrogen and oxygen atoms in total. The third-order valence-electron chi connectivity index (χ3n) is 4.74. The van der Waals surface area contributed by atoms with Crippen molar-refractivity contribution in [3.05, 3.63) is 57.6 Å². The number of benzene rings is 2. The number of hydrogen-bond acceptors (Lipinski definition) is 9. The molecule has 134 valence electrons. The van der Waals surface area contributed by atoms with Crippen molar-refractivity contribution in [2.75, 3.05) is 7.11 Å². The van der Waals surface area contributed by atoms with Crippen LogP contribution in [0.1, 0.15) is 52.6 Å². The topological polar surface area (TPSA) is 125 Å². The third kappa shape index (κ3) is 1.84. The van der Waals surface area contributed by atoms with Crippen LogP contribution in [-0.4, -0.2) is 36.1 Å². The van der Waals surface area contributed by atoms with Crippen molar-refractivity contribution in [1.82, 2.24) is 0 Å². The Labute approximate surface area is 150 Å². The summed E-state index contributed by atoms with van der Waals surface area (Å²) in [6.07, 6.45) is 0. The Kier molecular flexibility index (Phi) is 2.78.